The third kappa shape index (κ3) is 7.59. The number of anilines is 1. The van der Waals surface area contributed by atoms with Gasteiger partial charge in [-0.15, -0.1) is 11.3 Å². The van der Waals surface area contributed by atoms with Gasteiger partial charge in [0.25, 0.3) is 5.91 Å². The standard InChI is InChI=1S/C19H18F3NO5S/c1-26-8-9-27-16-6-4-13(19(20,21)22)11-15(16)23-17(24)12-28-18(25)7-5-14-3-2-10-29-14/h2-7,10-11H,8-9,12H2,1H3,(H,23,24)/b7-5+. The van der Waals surface area contributed by atoms with Crippen LogP contribution in [-0.4, -0.2) is 38.8 Å². The van der Waals surface area contributed by atoms with Gasteiger partial charge in [0.15, 0.2) is 6.61 Å². The molecule has 2 aromatic rings. The van der Waals surface area contributed by atoms with Gasteiger partial charge in [-0.25, -0.2) is 4.79 Å². The predicted molar refractivity (Wildman–Crippen MR) is 102 cm³/mol. The summed E-state index contributed by atoms with van der Waals surface area (Å²) >= 11 is 1.42. The molecule has 1 heterocycles. The molecule has 1 aromatic carbocycles. The first-order valence-corrected chi connectivity index (χ1v) is 9.18. The van der Waals surface area contributed by atoms with Gasteiger partial charge in [0.1, 0.15) is 12.4 Å². The minimum absolute atomic E-state index is 0.0346. The van der Waals surface area contributed by atoms with Crippen molar-refractivity contribution in [3.05, 3.63) is 52.2 Å². The minimum Gasteiger partial charge on any atom is -0.489 e. The molecule has 0 saturated heterocycles. The highest BCUT2D eigenvalue weighted by Crippen LogP contribution is 2.35. The zero-order chi connectivity index (χ0) is 21.3. The summed E-state index contributed by atoms with van der Waals surface area (Å²) in [6, 6.07) is 6.29. The van der Waals surface area contributed by atoms with E-state index in [1.165, 1.54) is 24.5 Å². The highest BCUT2D eigenvalue weighted by atomic mass is 32.1. The first-order valence-electron chi connectivity index (χ1n) is 8.31. The van der Waals surface area contributed by atoms with E-state index in [0.29, 0.717) is 0 Å². The molecule has 0 aliphatic heterocycles. The van der Waals surface area contributed by atoms with Gasteiger partial charge >= 0.3 is 12.1 Å². The Labute approximate surface area is 168 Å². The van der Waals surface area contributed by atoms with Gasteiger partial charge in [0.2, 0.25) is 0 Å². The molecule has 0 bridgehead atoms. The normalized spacial score (nSPS) is 11.4. The van der Waals surface area contributed by atoms with Gasteiger partial charge in [0.05, 0.1) is 17.9 Å². The quantitative estimate of drug-likeness (QED) is 0.371. The van der Waals surface area contributed by atoms with Crippen molar-refractivity contribution in [2.45, 2.75) is 6.18 Å². The predicted octanol–water partition coefficient (Wildman–Crippen LogP) is 3.99. The molecule has 10 heteroatoms. The van der Waals surface area contributed by atoms with E-state index in [1.54, 1.807) is 6.07 Å². The second-order valence-electron chi connectivity index (χ2n) is 5.55. The molecule has 0 saturated carbocycles. The molecule has 156 valence electrons. The van der Waals surface area contributed by atoms with Crippen molar-refractivity contribution < 1.29 is 37.0 Å². The second-order valence-corrected chi connectivity index (χ2v) is 6.53. The highest BCUT2D eigenvalue weighted by Gasteiger charge is 2.31. The Kier molecular flexibility index (Phi) is 8.22. The van der Waals surface area contributed by atoms with E-state index in [2.05, 4.69) is 5.32 Å². The smallest absolute Gasteiger partial charge is 0.416 e. The lowest BCUT2D eigenvalue weighted by Gasteiger charge is -2.15. The number of thiophene rings is 1. The number of benzene rings is 1. The Morgan fingerprint density at radius 1 is 1.21 bits per heavy atom. The second kappa shape index (κ2) is 10.6. The number of hydrogen-bond acceptors (Lipinski definition) is 6. The summed E-state index contributed by atoms with van der Waals surface area (Å²) < 4.78 is 53.8. The number of carbonyl (C=O) groups excluding carboxylic acids is 2. The van der Waals surface area contributed by atoms with Crippen molar-refractivity contribution >= 4 is 35.0 Å². The van der Waals surface area contributed by atoms with E-state index in [1.807, 2.05) is 11.4 Å². The number of hydrogen-bond donors (Lipinski definition) is 1. The number of nitrogens with one attached hydrogen (secondary N) is 1. The van der Waals surface area contributed by atoms with Crippen molar-refractivity contribution in [1.29, 1.82) is 0 Å². The highest BCUT2D eigenvalue weighted by molar-refractivity contribution is 7.10. The summed E-state index contributed by atoms with van der Waals surface area (Å²) in [6.45, 7) is -0.378. The van der Waals surface area contributed by atoms with Crippen molar-refractivity contribution in [3.8, 4) is 5.75 Å². The summed E-state index contributed by atoms with van der Waals surface area (Å²) in [7, 11) is 1.44. The van der Waals surface area contributed by atoms with E-state index < -0.39 is 30.2 Å². The number of carbonyl (C=O) groups is 2. The monoisotopic (exact) mass is 429 g/mol. The van der Waals surface area contributed by atoms with Crippen LogP contribution in [0.4, 0.5) is 18.9 Å². The molecule has 1 amide bonds. The van der Waals surface area contributed by atoms with Crippen molar-refractivity contribution in [1.82, 2.24) is 0 Å². The van der Waals surface area contributed by atoms with Crippen molar-refractivity contribution in [3.63, 3.8) is 0 Å². The molecule has 1 N–H and O–H groups in total. The number of amides is 1. The Morgan fingerprint density at radius 3 is 2.66 bits per heavy atom. The van der Waals surface area contributed by atoms with Crippen molar-refractivity contribution in [2.75, 3.05) is 32.2 Å². The largest absolute Gasteiger partial charge is 0.489 e. The van der Waals surface area contributed by atoms with Gasteiger partial charge in [-0.2, -0.15) is 13.2 Å². The summed E-state index contributed by atoms with van der Waals surface area (Å²) in [4.78, 5) is 24.5. The number of esters is 1. The fraction of sp³-hybridized carbons (Fsp3) is 0.263. The van der Waals surface area contributed by atoms with Gasteiger partial charge in [-0.1, -0.05) is 6.07 Å². The number of halogens is 3. The third-order valence-electron chi connectivity index (χ3n) is 3.40. The average molecular weight is 429 g/mol. The van der Waals surface area contributed by atoms with Gasteiger partial charge < -0.3 is 19.5 Å². The molecule has 0 atom stereocenters. The molecular weight excluding hydrogens is 411 g/mol. The first kappa shape index (κ1) is 22.4. The fourth-order valence-corrected chi connectivity index (χ4v) is 2.69. The Hall–Kier alpha value is -2.85. The molecule has 29 heavy (non-hydrogen) atoms. The van der Waals surface area contributed by atoms with E-state index >= 15 is 0 Å². The maximum absolute atomic E-state index is 12.9. The zero-order valence-electron chi connectivity index (χ0n) is 15.3. The molecule has 2 rings (SSSR count). The van der Waals surface area contributed by atoms with Gasteiger partial charge in [-0.3, -0.25) is 4.79 Å². The van der Waals surface area contributed by atoms with Gasteiger partial charge in [-0.05, 0) is 35.7 Å². The average Bonchev–Trinajstić information content (AvgIpc) is 3.19. The third-order valence-corrected chi connectivity index (χ3v) is 4.24. The first-order chi connectivity index (χ1) is 13.8. The van der Waals surface area contributed by atoms with Crippen LogP contribution in [0.5, 0.6) is 5.75 Å². The maximum atomic E-state index is 12.9. The van der Waals surface area contributed by atoms with Crippen LogP contribution in [0.3, 0.4) is 0 Å². The van der Waals surface area contributed by atoms with Crippen LogP contribution in [-0.2, 0) is 25.2 Å². The molecule has 0 unspecified atom stereocenters. The molecule has 0 fully saturated rings. The van der Waals surface area contributed by atoms with E-state index in [-0.39, 0.29) is 24.7 Å². The van der Waals surface area contributed by atoms with Crippen LogP contribution in [0.2, 0.25) is 0 Å². The van der Waals surface area contributed by atoms with Crippen LogP contribution >= 0.6 is 11.3 Å². The Balaban J connectivity index is 1.99. The summed E-state index contributed by atoms with van der Waals surface area (Å²) in [5.41, 5.74) is -1.14. The summed E-state index contributed by atoms with van der Waals surface area (Å²) in [6.07, 6.45) is -1.91. The van der Waals surface area contributed by atoms with E-state index in [9.17, 15) is 22.8 Å². The SMILES string of the molecule is COCCOc1ccc(C(F)(F)F)cc1NC(=O)COC(=O)/C=C/c1cccs1. The molecule has 6 nitrogen and oxygen atoms in total. The summed E-state index contributed by atoms with van der Waals surface area (Å²) in [5, 5.41) is 4.10. The van der Waals surface area contributed by atoms with E-state index in [0.717, 1.165) is 29.2 Å². The van der Waals surface area contributed by atoms with Gasteiger partial charge in [0, 0.05) is 18.1 Å². The fourth-order valence-electron chi connectivity index (χ4n) is 2.07. The molecule has 0 spiro atoms. The lowest BCUT2D eigenvalue weighted by molar-refractivity contribution is -0.142. The van der Waals surface area contributed by atoms with Crippen LogP contribution in [0.25, 0.3) is 6.08 Å². The number of methoxy groups -OCH3 is 1. The van der Waals surface area contributed by atoms with Crippen LogP contribution < -0.4 is 10.1 Å². The van der Waals surface area contributed by atoms with E-state index in [4.69, 9.17) is 14.2 Å². The Morgan fingerprint density at radius 2 is 2.00 bits per heavy atom. The number of ether oxygens (including phenoxy) is 3. The molecule has 0 aliphatic rings. The zero-order valence-corrected chi connectivity index (χ0v) is 16.1. The minimum atomic E-state index is -4.59. The molecule has 0 aliphatic carbocycles. The molecule has 1 aromatic heterocycles. The Bertz CT molecular complexity index is 850. The van der Waals surface area contributed by atoms with Crippen LogP contribution in [0, 0.1) is 0 Å². The van der Waals surface area contributed by atoms with Crippen LogP contribution in [0.1, 0.15) is 10.4 Å². The van der Waals surface area contributed by atoms with Crippen molar-refractivity contribution in [2.24, 2.45) is 0 Å². The lowest BCUT2D eigenvalue weighted by atomic mass is 10.1. The number of rotatable bonds is 9. The molecular formula is C19H18F3NO5S. The maximum Gasteiger partial charge on any atom is 0.416 e. The van der Waals surface area contributed by atoms with Crippen LogP contribution in [0.15, 0.2) is 41.8 Å². The molecule has 0 radical (unpaired) electrons. The topological polar surface area (TPSA) is 73.9 Å². The lowest BCUT2D eigenvalue weighted by Crippen LogP contribution is -2.21. The summed E-state index contributed by atoms with van der Waals surface area (Å²) in [5.74, 6) is -1.53. The number of alkyl halides is 3.